The fourth-order valence-corrected chi connectivity index (χ4v) is 3.14. The number of H-pyrrole nitrogens is 1. The second kappa shape index (κ2) is 8.80. The van der Waals surface area contributed by atoms with Crippen molar-refractivity contribution >= 4 is 39.1 Å². The van der Waals surface area contributed by atoms with Crippen LogP contribution in [0.1, 0.15) is 20.9 Å². The first-order chi connectivity index (χ1) is 15.0. The summed E-state index contributed by atoms with van der Waals surface area (Å²) in [5, 5.41) is 11.9. The van der Waals surface area contributed by atoms with Crippen molar-refractivity contribution in [2.24, 2.45) is 0 Å². The Morgan fingerprint density at radius 2 is 1.61 bits per heavy atom. The van der Waals surface area contributed by atoms with Gasteiger partial charge in [0.25, 0.3) is 17.4 Å². The molecule has 0 aliphatic carbocycles. The number of amides is 2. The molecule has 0 bridgehead atoms. The average molecular weight is 479 g/mol. The molecule has 0 fully saturated rings. The molecule has 154 valence electrons. The maximum Gasteiger partial charge on any atom is 0.291 e. The molecule has 0 spiro atoms. The molecule has 0 aliphatic rings. The van der Waals surface area contributed by atoms with Crippen molar-refractivity contribution in [1.82, 2.24) is 10.2 Å². The summed E-state index contributed by atoms with van der Waals surface area (Å²) < 4.78 is 5.68. The zero-order valence-corrected chi connectivity index (χ0v) is 17.5. The van der Waals surface area contributed by atoms with Gasteiger partial charge in [0.1, 0.15) is 0 Å². The van der Waals surface area contributed by atoms with Crippen LogP contribution < -0.4 is 16.2 Å². The van der Waals surface area contributed by atoms with Crippen LogP contribution in [-0.4, -0.2) is 22.0 Å². The Labute approximate surface area is 184 Å². The monoisotopic (exact) mass is 478 g/mol. The highest BCUT2D eigenvalue weighted by molar-refractivity contribution is 9.10. The van der Waals surface area contributed by atoms with E-state index in [1.54, 1.807) is 60.7 Å². The normalized spacial score (nSPS) is 10.5. The van der Waals surface area contributed by atoms with Crippen LogP contribution in [0.25, 0.3) is 11.3 Å². The number of nitrogens with zero attached hydrogens (tertiary/aromatic N) is 1. The number of nitrogens with one attached hydrogen (secondary N) is 3. The van der Waals surface area contributed by atoms with Crippen molar-refractivity contribution in [3.05, 3.63) is 99.1 Å². The summed E-state index contributed by atoms with van der Waals surface area (Å²) in [7, 11) is 0. The Kier molecular flexibility index (Phi) is 5.76. The van der Waals surface area contributed by atoms with Crippen molar-refractivity contribution < 1.29 is 14.0 Å². The van der Waals surface area contributed by atoms with Crippen LogP contribution in [0.15, 0.2) is 86.7 Å². The lowest BCUT2D eigenvalue weighted by molar-refractivity contribution is 0.0992. The highest BCUT2D eigenvalue weighted by atomic mass is 79.9. The van der Waals surface area contributed by atoms with Gasteiger partial charge in [0, 0.05) is 28.6 Å². The molecule has 2 aromatic heterocycles. The van der Waals surface area contributed by atoms with Gasteiger partial charge in [-0.1, -0.05) is 18.2 Å². The van der Waals surface area contributed by atoms with Crippen molar-refractivity contribution in [3.63, 3.8) is 0 Å². The van der Waals surface area contributed by atoms with E-state index in [1.807, 2.05) is 6.07 Å². The van der Waals surface area contributed by atoms with Crippen LogP contribution in [0.3, 0.4) is 0 Å². The summed E-state index contributed by atoms with van der Waals surface area (Å²) in [6.45, 7) is 0. The van der Waals surface area contributed by atoms with Crippen LogP contribution in [0.2, 0.25) is 0 Å². The van der Waals surface area contributed by atoms with Crippen molar-refractivity contribution in [2.45, 2.75) is 0 Å². The van der Waals surface area contributed by atoms with E-state index in [-0.39, 0.29) is 17.2 Å². The maximum atomic E-state index is 12.7. The van der Waals surface area contributed by atoms with Crippen LogP contribution in [0.4, 0.5) is 11.4 Å². The van der Waals surface area contributed by atoms with E-state index in [9.17, 15) is 14.4 Å². The van der Waals surface area contributed by atoms with Crippen LogP contribution in [0.5, 0.6) is 0 Å². The summed E-state index contributed by atoms with van der Waals surface area (Å²) in [6, 6.07) is 19.8. The molecule has 0 atom stereocenters. The number of anilines is 2. The highest BCUT2D eigenvalue weighted by Crippen LogP contribution is 2.21. The molecule has 8 nitrogen and oxygen atoms in total. The van der Waals surface area contributed by atoms with Crippen LogP contribution >= 0.6 is 15.9 Å². The fourth-order valence-electron chi connectivity index (χ4n) is 2.83. The Morgan fingerprint density at radius 1 is 0.871 bits per heavy atom. The number of carbonyl (C=O) groups excluding carboxylic acids is 2. The van der Waals surface area contributed by atoms with Gasteiger partial charge in [-0.2, -0.15) is 5.10 Å². The second-order valence-electron chi connectivity index (χ2n) is 6.48. The Bertz CT molecular complexity index is 1310. The van der Waals surface area contributed by atoms with Gasteiger partial charge < -0.3 is 15.1 Å². The number of aromatic nitrogens is 2. The molecule has 2 aromatic carbocycles. The van der Waals surface area contributed by atoms with E-state index in [2.05, 4.69) is 36.8 Å². The summed E-state index contributed by atoms with van der Waals surface area (Å²) in [5.41, 5.74) is 2.40. The molecule has 31 heavy (non-hydrogen) atoms. The van der Waals surface area contributed by atoms with E-state index in [1.165, 1.54) is 6.07 Å². The summed E-state index contributed by atoms with van der Waals surface area (Å²) >= 11 is 3.15. The Hall–Kier alpha value is -3.98. The van der Waals surface area contributed by atoms with Gasteiger partial charge >= 0.3 is 0 Å². The number of halogens is 1. The second-order valence-corrected chi connectivity index (χ2v) is 7.26. The molecule has 0 aliphatic heterocycles. The minimum absolute atomic E-state index is 0.148. The molecule has 9 heteroatoms. The summed E-state index contributed by atoms with van der Waals surface area (Å²) in [6.07, 6.45) is 0. The minimum atomic E-state index is -0.427. The molecular formula is C22H15BrN4O4. The van der Waals surface area contributed by atoms with E-state index in [4.69, 9.17) is 4.42 Å². The molecular weight excluding hydrogens is 464 g/mol. The number of benzene rings is 2. The topological polar surface area (TPSA) is 117 Å². The van der Waals surface area contributed by atoms with Crippen molar-refractivity contribution in [3.8, 4) is 11.3 Å². The number of aromatic amines is 1. The van der Waals surface area contributed by atoms with Gasteiger partial charge in [-0.3, -0.25) is 14.4 Å². The SMILES string of the molecule is O=C(Nc1cccc(-c2ccc(=O)[nH]n2)c1)c1cccc(NC(=O)c2ccc(Br)o2)c1. The van der Waals surface area contributed by atoms with Gasteiger partial charge in [0.05, 0.1) is 5.69 Å². The lowest BCUT2D eigenvalue weighted by Gasteiger charge is -2.09. The molecule has 0 unspecified atom stereocenters. The standard InChI is InChI=1S/C22H15BrN4O4/c23-19-9-8-18(31-19)22(30)25-16-6-2-4-14(12-16)21(29)24-15-5-1-3-13(11-15)17-7-10-20(28)27-26-17/h1-12H,(H,24,29)(H,25,30)(H,27,28). The van der Waals surface area contributed by atoms with E-state index in [0.29, 0.717) is 27.3 Å². The lowest BCUT2D eigenvalue weighted by Crippen LogP contribution is -2.14. The van der Waals surface area contributed by atoms with E-state index in [0.717, 1.165) is 5.56 Å². The fraction of sp³-hybridized carbons (Fsp3) is 0. The van der Waals surface area contributed by atoms with Crippen molar-refractivity contribution in [1.29, 1.82) is 0 Å². The molecule has 4 aromatic rings. The third-order valence-corrected chi connectivity index (χ3v) is 4.70. The molecule has 3 N–H and O–H groups in total. The molecule has 0 saturated heterocycles. The minimum Gasteiger partial charge on any atom is -0.444 e. The molecule has 2 amide bonds. The summed E-state index contributed by atoms with van der Waals surface area (Å²) in [5.74, 6) is -0.623. The maximum absolute atomic E-state index is 12.7. The predicted molar refractivity (Wildman–Crippen MR) is 119 cm³/mol. The number of rotatable bonds is 5. The zero-order valence-electron chi connectivity index (χ0n) is 15.9. The number of hydrogen-bond donors (Lipinski definition) is 3. The smallest absolute Gasteiger partial charge is 0.291 e. The van der Waals surface area contributed by atoms with Crippen LogP contribution in [-0.2, 0) is 0 Å². The van der Waals surface area contributed by atoms with Gasteiger partial charge in [0.2, 0.25) is 0 Å². The van der Waals surface area contributed by atoms with Crippen LogP contribution in [0, 0.1) is 0 Å². The van der Waals surface area contributed by atoms with Gasteiger partial charge in [-0.05, 0) is 64.5 Å². The molecule has 2 heterocycles. The summed E-state index contributed by atoms with van der Waals surface area (Å²) in [4.78, 5) is 36.1. The number of furan rings is 1. The lowest BCUT2D eigenvalue weighted by atomic mass is 10.1. The van der Waals surface area contributed by atoms with Crippen molar-refractivity contribution in [2.75, 3.05) is 10.6 Å². The molecule has 4 rings (SSSR count). The van der Waals surface area contributed by atoms with E-state index < -0.39 is 5.91 Å². The molecule has 0 radical (unpaired) electrons. The average Bonchev–Trinajstić information content (AvgIpc) is 3.21. The van der Waals surface area contributed by atoms with Gasteiger partial charge in [0.15, 0.2) is 10.4 Å². The quantitative estimate of drug-likeness (QED) is 0.395. The van der Waals surface area contributed by atoms with Gasteiger partial charge in [-0.25, -0.2) is 5.10 Å². The third kappa shape index (κ3) is 4.96. The molecule has 0 saturated carbocycles. The first-order valence-electron chi connectivity index (χ1n) is 9.12. The Morgan fingerprint density at radius 3 is 2.32 bits per heavy atom. The predicted octanol–water partition coefficient (Wildman–Crippen LogP) is 4.30. The zero-order chi connectivity index (χ0) is 21.8. The number of hydrogen-bond acceptors (Lipinski definition) is 5. The largest absolute Gasteiger partial charge is 0.444 e. The third-order valence-electron chi connectivity index (χ3n) is 4.27. The highest BCUT2D eigenvalue weighted by Gasteiger charge is 2.13. The first-order valence-corrected chi connectivity index (χ1v) is 9.91. The Balaban J connectivity index is 1.48. The van der Waals surface area contributed by atoms with E-state index >= 15 is 0 Å². The first kappa shape index (κ1) is 20.3. The number of carbonyl (C=O) groups is 2. The van der Waals surface area contributed by atoms with Gasteiger partial charge in [-0.15, -0.1) is 0 Å².